The maximum absolute atomic E-state index is 12.6. The molecule has 1 heterocycles. The van der Waals surface area contributed by atoms with Crippen LogP contribution in [0.3, 0.4) is 0 Å². The molecule has 1 N–H and O–H groups in total. The lowest BCUT2D eigenvalue weighted by Crippen LogP contribution is -2.13. The van der Waals surface area contributed by atoms with Crippen molar-refractivity contribution in [3.63, 3.8) is 0 Å². The molecule has 0 aliphatic carbocycles. The number of rotatable bonds is 2. The quantitative estimate of drug-likeness (QED) is 0.615. The first-order chi connectivity index (χ1) is 11.6. The van der Waals surface area contributed by atoms with E-state index in [9.17, 15) is 9.59 Å². The lowest BCUT2D eigenvalue weighted by Gasteiger charge is -2.09. The summed E-state index contributed by atoms with van der Waals surface area (Å²) in [6, 6.07) is 18.6. The van der Waals surface area contributed by atoms with Crippen LogP contribution in [0.5, 0.6) is 0 Å². The first kappa shape index (κ1) is 14.3. The van der Waals surface area contributed by atoms with Gasteiger partial charge in [-0.2, -0.15) is 0 Å². The van der Waals surface area contributed by atoms with Gasteiger partial charge in [0.15, 0.2) is 5.58 Å². The molecule has 3 aromatic carbocycles. The average molecular weight is 318 g/mol. The number of nitrogens with zero attached hydrogens (tertiary/aromatic N) is 1. The SMILES string of the molecule is Cn1c(=O)oc2ccc(C(=O)Nc3cccc4ccccc34)cc21. The fourth-order valence-corrected chi connectivity index (χ4v) is 2.80. The van der Waals surface area contributed by atoms with Gasteiger partial charge in [-0.05, 0) is 29.7 Å². The minimum absolute atomic E-state index is 0.234. The summed E-state index contributed by atoms with van der Waals surface area (Å²) < 4.78 is 6.46. The number of aromatic nitrogens is 1. The van der Waals surface area contributed by atoms with Crippen LogP contribution in [0.15, 0.2) is 69.9 Å². The normalized spacial score (nSPS) is 11.0. The van der Waals surface area contributed by atoms with Crippen LogP contribution in [-0.2, 0) is 7.05 Å². The van der Waals surface area contributed by atoms with E-state index in [1.807, 2.05) is 42.5 Å². The number of nitrogens with one attached hydrogen (secondary N) is 1. The van der Waals surface area contributed by atoms with E-state index in [1.54, 1.807) is 25.2 Å². The maximum atomic E-state index is 12.6. The Morgan fingerprint density at radius 1 is 1.04 bits per heavy atom. The Morgan fingerprint density at radius 2 is 1.83 bits per heavy atom. The molecule has 0 saturated carbocycles. The Hall–Kier alpha value is -3.34. The summed E-state index contributed by atoms with van der Waals surface area (Å²) in [6.07, 6.45) is 0. The molecule has 5 heteroatoms. The summed E-state index contributed by atoms with van der Waals surface area (Å²) in [6.45, 7) is 0. The zero-order valence-corrected chi connectivity index (χ0v) is 12.9. The number of carbonyl (C=O) groups is 1. The number of benzene rings is 3. The first-order valence-corrected chi connectivity index (χ1v) is 7.52. The molecule has 0 spiro atoms. The number of fused-ring (bicyclic) bond motifs is 2. The van der Waals surface area contributed by atoms with Crippen molar-refractivity contribution < 1.29 is 9.21 Å². The molecule has 0 aliphatic rings. The molecule has 1 amide bonds. The van der Waals surface area contributed by atoms with Crippen LogP contribution in [-0.4, -0.2) is 10.5 Å². The van der Waals surface area contributed by atoms with E-state index in [0.717, 1.165) is 16.5 Å². The molecular formula is C19H14N2O3. The van der Waals surface area contributed by atoms with Crippen molar-refractivity contribution in [2.75, 3.05) is 5.32 Å². The summed E-state index contributed by atoms with van der Waals surface area (Å²) in [4.78, 5) is 24.1. The Bertz CT molecular complexity index is 1130. The van der Waals surface area contributed by atoms with E-state index >= 15 is 0 Å². The fourth-order valence-electron chi connectivity index (χ4n) is 2.80. The van der Waals surface area contributed by atoms with E-state index in [0.29, 0.717) is 16.7 Å². The molecule has 118 valence electrons. The van der Waals surface area contributed by atoms with Gasteiger partial charge in [0.2, 0.25) is 0 Å². The Morgan fingerprint density at radius 3 is 2.71 bits per heavy atom. The number of carbonyl (C=O) groups excluding carboxylic acids is 1. The molecule has 0 saturated heterocycles. The number of amides is 1. The lowest BCUT2D eigenvalue weighted by atomic mass is 10.1. The van der Waals surface area contributed by atoms with E-state index in [4.69, 9.17) is 4.42 Å². The van der Waals surface area contributed by atoms with Gasteiger partial charge in [0.1, 0.15) is 0 Å². The van der Waals surface area contributed by atoms with Crippen molar-refractivity contribution in [1.29, 1.82) is 0 Å². The third-order valence-corrected chi connectivity index (χ3v) is 4.09. The molecule has 4 rings (SSSR count). The van der Waals surface area contributed by atoms with Crippen LogP contribution in [0.4, 0.5) is 5.69 Å². The largest absolute Gasteiger partial charge is 0.419 e. The monoisotopic (exact) mass is 318 g/mol. The predicted octanol–water partition coefficient (Wildman–Crippen LogP) is 3.54. The van der Waals surface area contributed by atoms with E-state index < -0.39 is 5.76 Å². The zero-order chi connectivity index (χ0) is 16.7. The second kappa shape index (κ2) is 5.38. The van der Waals surface area contributed by atoms with E-state index in [1.165, 1.54) is 4.57 Å². The van der Waals surface area contributed by atoms with Gasteiger partial charge in [-0.25, -0.2) is 4.79 Å². The van der Waals surface area contributed by atoms with Crippen LogP contribution in [0.25, 0.3) is 21.9 Å². The van der Waals surface area contributed by atoms with Crippen molar-refractivity contribution in [2.45, 2.75) is 0 Å². The van der Waals surface area contributed by atoms with Gasteiger partial charge in [0.25, 0.3) is 5.91 Å². The molecule has 4 aromatic rings. The molecule has 0 radical (unpaired) electrons. The smallest absolute Gasteiger partial charge is 0.408 e. The molecule has 5 nitrogen and oxygen atoms in total. The Balaban J connectivity index is 1.73. The highest BCUT2D eigenvalue weighted by Gasteiger charge is 2.12. The number of anilines is 1. The van der Waals surface area contributed by atoms with Crippen LogP contribution < -0.4 is 11.1 Å². The van der Waals surface area contributed by atoms with Crippen molar-refractivity contribution in [3.05, 3.63) is 76.8 Å². The maximum Gasteiger partial charge on any atom is 0.419 e. The van der Waals surface area contributed by atoms with E-state index in [-0.39, 0.29) is 5.91 Å². The number of oxazole rings is 1. The molecule has 0 atom stereocenters. The molecule has 1 aromatic heterocycles. The predicted molar refractivity (Wildman–Crippen MR) is 93.4 cm³/mol. The zero-order valence-electron chi connectivity index (χ0n) is 12.9. The van der Waals surface area contributed by atoms with Crippen LogP contribution in [0.1, 0.15) is 10.4 Å². The summed E-state index contributed by atoms with van der Waals surface area (Å²) >= 11 is 0. The summed E-state index contributed by atoms with van der Waals surface area (Å²) in [7, 11) is 1.61. The third-order valence-electron chi connectivity index (χ3n) is 4.09. The van der Waals surface area contributed by atoms with Crippen molar-refractivity contribution in [2.24, 2.45) is 7.05 Å². The fraction of sp³-hybridized carbons (Fsp3) is 0.0526. The molecule has 0 aliphatic heterocycles. The molecule has 0 unspecified atom stereocenters. The molecule has 24 heavy (non-hydrogen) atoms. The van der Waals surface area contributed by atoms with Crippen LogP contribution in [0, 0.1) is 0 Å². The highest BCUT2D eigenvalue weighted by atomic mass is 16.4. The summed E-state index contributed by atoms with van der Waals surface area (Å²) in [5.41, 5.74) is 2.26. The van der Waals surface area contributed by atoms with Gasteiger partial charge in [-0.15, -0.1) is 0 Å². The molecule has 0 fully saturated rings. The third kappa shape index (κ3) is 2.27. The standard InChI is InChI=1S/C19H14N2O3/c1-21-16-11-13(9-10-17(16)24-19(21)23)18(22)20-15-8-4-6-12-5-2-3-7-14(12)15/h2-11H,1H3,(H,20,22). The number of hydrogen-bond donors (Lipinski definition) is 1. The van der Waals surface area contributed by atoms with Crippen molar-refractivity contribution >= 4 is 33.5 Å². The van der Waals surface area contributed by atoms with Crippen LogP contribution in [0.2, 0.25) is 0 Å². The highest BCUT2D eigenvalue weighted by molar-refractivity contribution is 6.10. The van der Waals surface area contributed by atoms with Crippen molar-refractivity contribution in [3.8, 4) is 0 Å². The van der Waals surface area contributed by atoms with Gasteiger partial charge < -0.3 is 9.73 Å². The van der Waals surface area contributed by atoms with E-state index in [2.05, 4.69) is 5.32 Å². The van der Waals surface area contributed by atoms with Gasteiger partial charge >= 0.3 is 5.76 Å². The average Bonchev–Trinajstić information content (AvgIpc) is 2.89. The number of aryl methyl sites for hydroxylation is 1. The van der Waals surface area contributed by atoms with Crippen LogP contribution >= 0.6 is 0 Å². The van der Waals surface area contributed by atoms with Crippen molar-refractivity contribution in [1.82, 2.24) is 4.57 Å². The Kier molecular flexibility index (Phi) is 3.20. The number of hydrogen-bond acceptors (Lipinski definition) is 3. The highest BCUT2D eigenvalue weighted by Crippen LogP contribution is 2.24. The van der Waals surface area contributed by atoms with Gasteiger partial charge in [-0.3, -0.25) is 9.36 Å². The first-order valence-electron chi connectivity index (χ1n) is 7.52. The van der Waals surface area contributed by atoms with Gasteiger partial charge in [-0.1, -0.05) is 36.4 Å². The molecule has 0 bridgehead atoms. The second-order valence-electron chi connectivity index (χ2n) is 5.59. The summed E-state index contributed by atoms with van der Waals surface area (Å²) in [5.74, 6) is -0.682. The Labute approximate surface area is 137 Å². The second-order valence-corrected chi connectivity index (χ2v) is 5.59. The van der Waals surface area contributed by atoms with Gasteiger partial charge in [0, 0.05) is 23.7 Å². The minimum Gasteiger partial charge on any atom is -0.408 e. The van der Waals surface area contributed by atoms with Gasteiger partial charge in [0.05, 0.1) is 5.52 Å². The minimum atomic E-state index is -0.448. The lowest BCUT2D eigenvalue weighted by molar-refractivity contribution is 0.102. The molecular weight excluding hydrogens is 304 g/mol. The summed E-state index contributed by atoms with van der Waals surface area (Å²) in [5, 5.41) is 4.97. The topological polar surface area (TPSA) is 64.2 Å².